The minimum absolute atomic E-state index is 0.281. The van der Waals surface area contributed by atoms with E-state index in [4.69, 9.17) is 4.42 Å². The Balaban J connectivity index is 1.47. The zero-order valence-corrected chi connectivity index (χ0v) is 16.0. The highest BCUT2D eigenvalue weighted by Crippen LogP contribution is 2.28. The van der Waals surface area contributed by atoms with Gasteiger partial charge in [0.1, 0.15) is 5.82 Å². The Morgan fingerprint density at radius 1 is 1.10 bits per heavy atom. The van der Waals surface area contributed by atoms with Gasteiger partial charge in [0.15, 0.2) is 5.69 Å². The minimum Gasteiger partial charge on any atom is -0.423 e. The summed E-state index contributed by atoms with van der Waals surface area (Å²) in [6, 6.07) is 13.3. The van der Waals surface area contributed by atoms with Crippen LogP contribution in [0.15, 0.2) is 59.3 Å². The first-order chi connectivity index (χ1) is 14.7. The number of carbonyl (C=O) groups excluding carboxylic acids is 1. The fraction of sp³-hybridized carbons (Fsp3) is 0.182. The van der Waals surface area contributed by atoms with Crippen LogP contribution in [0.5, 0.6) is 0 Å². The number of benzene rings is 2. The van der Waals surface area contributed by atoms with Gasteiger partial charge in [-0.25, -0.2) is 9.07 Å². The van der Waals surface area contributed by atoms with Crippen molar-refractivity contribution in [3.63, 3.8) is 0 Å². The molecule has 0 bridgehead atoms. The van der Waals surface area contributed by atoms with Crippen molar-refractivity contribution in [2.24, 2.45) is 0 Å². The summed E-state index contributed by atoms with van der Waals surface area (Å²) in [4.78, 5) is 13.1. The van der Waals surface area contributed by atoms with Crippen LogP contribution in [0.1, 0.15) is 34.6 Å². The zero-order valence-electron chi connectivity index (χ0n) is 16.0. The molecule has 0 radical (unpaired) electrons. The maximum atomic E-state index is 13.3. The standard InChI is InChI=1S/C22H18FN5O2/c23-15-8-10-17(11-9-15)28-19-7-2-1-6-18(19)20(27-28)21(29)25-16-5-3-4-14(12-16)22-26-24-13-30-22/h3-5,8-13H,1-2,6-7H2,(H,25,29). The molecule has 0 unspecified atom stereocenters. The normalized spacial score (nSPS) is 13.1. The quantitative estimate of drug-likeness (QED) is 0.552. The van der Waals surface area contributed by atoms with Crippen LogP contribution in [-0.4, -0.2) is 25.9 Å². The minimum atomic E-state index is -0.307. The van der Waals surface area contributed by atoms with Gasteiger partial charge in [-0.3, -0.25) is 4.79 Å². The third-order valence-electron chi connectivity index (χ3n) is 5.19. The molecule has 0 aliphatic heterocycles. The summed E-state index contributed by atoms with van der Waals surface area (Å²) in [5.41, 5.74) is 4.43. The number of carbonyl (C=O) groups is 1. The molecule has 5 rings (SSSR count). The lowest BCUT2D eigenvalue weighted by Crippen LogP contribution is -2.15. The fourth-order valence-electron chi connectivity index (χ4n) is 3.80. The molecule has 2 heterocycles. The van der Waals surface area contributed by atoms with Gasteiger partial charge < -0.3 is 9.73 Å². The van der Waals surface area contributed by atoms with Crippen LogP contribution in [0, 0.1) is 5.82 Å². The van der Waals surface area contributed by atoms with E-state index in [0.717, 1.165) is 42.6 Å². The Morgan fingerprint density at radius 2 is 1.93 bits per heavy atom. The van der Waals surface area contributed by atoms with Crippen LogP contribution < -0.4 is 5.32 Å². The summed E-state index contributed by atoms with van der Waals surface area (Å²) in [6.45, 7) is 0. The smallest absolute Gasteiger partial charge is 0.276 e. The SMILES string of the molecule is O=C(Nc1cccc(-c2nnco2)c1)c1nn(-c2ccc(F)cc2)c2c1CCCC2. The van der Waals surface area contributed by atoms with Gasteiger partial charge in [-0.2, -0.15) is 5.10 Å². The molecule has 8 heteroatoms. The van der Waals surface area contributed by atoms with E-state index in [1.54, 1.807) is 28.9 Å². The van der Waals surface area contributed by atoms with E-state index in [0.29, 0.717) is 22.8 Å². The monoisotopic (exact) mass is 403 g/mol. The van der Waals surface area contributed by atoms with Crippen LogP contribution >= 0.6 is 0 Å². The molecular formula is C22H18FN5O2. The highest BCUT2D eigenvalue weighted by atomic mass is 19.1. The largest absolute Gasteiger partial charge is 0.423 e. The lowest BCUT2D eigenvalue weighted by Gasteiger charge is -2.14. The molecule has 2 aromatic carbocycles. The molecule has 0 spiro atoms. The predicted octanol–water partition coefficient (Wildman–Crippen LogP) is 4.19. The van der Waals surface area contributed by atoms with E-state index in [1.165, 1.54) is 18.5 Å². The lowest BCUT2D eigenvalue weighted by atomic mass is 9.95. The third-order valence-corrected chi connectivity index (χ3v) is 5.19. The van der Waals surface area contributed by atoms with Gasteiger partial charge in [-0.05, 0) is 68.1 Å². The van der Waals surface area contributed by atoms with Crippen molar-refractivity contribution >= 4 is 11.6 Å². The van der Waals surface area contributed by atoms with Crippen molar-refractivity contribution in [1.29, 1.82) is 0 Å². The molecule has 1 amide bonds. The first-order valence-corrected chi connectivity index (χ1v) is 9.74. The fourth-order valence-corrected chi connectivity index (χ4v) is 3.80. The number of aromatic nitrogens is 4. The molecule has 30 heavy (non-hydrogen) atoms. The van der Waals surface area contributed by atoms with Crippen molar-refractivity contribution in [2.75, 3.05) is 5.32 Å². The maximum Gasteiger partial charge on any atom is 0.276 e. The summed E-state index contributed by atoms with van der Waals surface area (Å²) in [7, 11) is 0. The number of anilines is 1. The van der Waals surface area contributed by atoms with E-state index < -0.39 is 0 Å². The maximum absolute atomic E-state index is 13.3. The van der Waals surface area contributed by atoms with Crippen molar-refractivity contribution < 1.29 is 13.6 Å². The predicted molar refractivity (Wildman–Crippen MR) is 108 cm³/mol. The first-order valence-electron chi connectivity index (χ1n) is 9.74. The highest BCUT2D eigenvalue weighted by Gasteiger charge is 2.25. The van der Waals surface area contributed by atoms with Crippen LogP contribution in [0.2, 0.25) is 0 Å². The Labute approximate surface area is 171 Å². The van der Waals surface area contributed by atoms with Gasteiger partial charge in [-0.1, -0.05) is 6.07 Å². The van der Waals surface area contributed by atoms with E-state index in [2.05, 4.69) is 20.6 Å². The van der Waals surface area contributed by atoms with E-state index in [9.17, 15) is 9.18 Å². The highest BCUT2D eigenvalue weighted by molar-refractivity contribution is 6.04. The Kier molecular flexibility index (Phi) is 4.59. The second kappa shape index (κ2) is 7.55. The molecule has 4 aromatic rings. The van der Waals surface area contributed by atoms with Crippen molar-refractivity contribution in [1.82, 2.24) is 20.0 Å². The lowest BCUT2D eigenvalue weighted by molar-refractivity contribution is 0.102. The van der Waals surface area contributed by atoms with Crippen LogP contribution in [0.25, 0.3) is 17.1 Å². The van der Waals surface area contributed by atoms with Crippen molar-refractivity contribution in [3.8, 4) is 17.1 Å². The number of hydrogen-bond acceptors (Lipinski definition) is 5. The summed E-state index contributed by atoms with van der Waals surface area (Å²) in [6.07, 6.45) is 4.93. The van der Waals surface area contributed by atoms with E-state index >= 15 is 0 Å². The average Bonchev–Trinajstić information content (AvgIpc) is 3.43. The van der Waals surface area contributed by atoms with E-state index in [-0.39, 0.29) is 11.7 Å². The zero-order chi connectivity index (χ0) is 20.5. The third kappa shape index (κ3) is 3.36. The van der Waals surface area contributed by atoms with Crippen LogP contribution in [0.3, 0.4) is 0 Å². The van der Waals surface area contributed by atoms with Crippen molar-refractivity contribution in [3.05, 3.63) is 77.7 Å². The number of amides is 1. The molecule has 150 valence electrons. The number of fused-ring (bicyclic) bond motifs is 1. The molecule has 7 nitrogen and oxygen atoms in total. The molecule has 2 aromatic heterocycles. The molecule has 0 saturated heterocycles. The topological polar surface area (TPSA) is 85.8 Å². The molecule has 1 aliphatic rings. The number of nitrogens with one attached hydrogen (secondary N) is 1. The number of hydrogen-bond donors (Lipinski definition) is 1. The van der Waals surface area contributed by atoms with Crippen LogP contribution in [0.4, 0.5) is 10.1 Å². The van der Waals surface area contributed by atoms with Gasteiger partial charge >= 0.3 is 0 Å². The van der Waals surface area contributed by atoms with E-state index in [1.807, 2.05) is 12.1 Å². The molecule has 0 atom stereocenters. The summed E-state index contributed by atoms with van der Waals surface area (Å²) in [5.74, 6) is -0.209. The second-order valence-electron chi connectivity index (χ2n) is 7.15. The summed E-state index contributed by atoms with van der Waals surface area (Å²) in [5, 5.41) is 15.1. The van der Waals surface area contributed by atoms with Crippen molar-refractivity contribution in [2.45, 2.75) is 25.7 Å². The number of nitrogens with zero attached hydrogens (tertiary/aromatic N) is 4. The molecule has 0 fully saturated rings. The Hall–Kier alpha value is -3.81. The average molecular weight is 403 g/mol. The number of rotatable bonds is 4. The number of halogens is 1. The summed E-state index contributed by atoms with van der Waals surface area (Å²) >= 11 is 0. The summed E-state index contributed by atoms with van der Waals surface area (Å²) < 4.78 is 20.3. The molecular weight excluding hydrogens is 385 g/mol. The molecule has 1 N–H and O–H groups in total. The van der Waals surface area contributed by atoms with Gasteiger partial charge in [0, 0.05) is 22.5 Å². The van der Waals surface area contributed by atoms with Gasteiger partial charge in [-0.15, -0.1) is 10.2 Å². The van der Waals surface area contributed by atoms with Gasteiger partial charge in [0.2, 0.25) is 12.3 Å². The Bertz CT molecular complexity index is 1200. The molecule has 1 aliphatic carbocycles. The molecule has 0 saturated carbocycles. The van der Waals surface area contributed by atoms with Gasteiger partial charge in [0.05, 0.1) is 5.69 Å². The van der Waals surface area contributed by atoms with Crippen LogP contribution in [-0.2, 0) is 12.8 Å². The Morgan fingerprint density at radius 3 is 2.73 bits per heavy atom. The first kappa shape index (κ1) is 18.2. The van der Waals surface area contributed by atoms with Gasteiger partial charge in [0.25, 0.3) is 5.91 Å². The second-order valence-corrected chi connectivity index (χ2v) is 7.15.